The third-order valence-electron chi connectivity index (χ3n) is 4.43. The summed E-state index contributed by atoms with van der Waals surface area (Å²) in [6.07, 6.45) is 1.27. The fourth-order valence-electron chi connectivity index (χ4n) is 2.79. The minimum atomic E-state index is -4.08. The van der Waals surface area contributed by atoms with Gasteiger partial charge in [0.05, 0.1) is 11.2 Å². The molecule has 0 fully saturated rings. The summed E-state index contributed by atoms with van der Waals surface area (Å²) in [6.45, 7) is -0.687. The molecule has 2 N–H and O–H groups in total. The predicted molar refractivity (Wildman–Crippen MR) is 106 cm³/mol. The molecule has 0 saturated carbocycles. The van der Waals surface area contributed by atoms with Crippen LogP contribution >= 0.6 is 0 Å². The molecule has 1 aromatic heterocycles. The van der Waals surface area contributed by atoms with E-state index in [0.717, 1.165) is 24.3 Å². The zero-order valence-corrected chi connectivity index (χ0v) is 16.9. The predicted octanol–water partition coefficient (Wildman–Crippen LogP) is 2.51. The lowest BCUT2D eigenvalue weighted by molar-refractivity contribution is -0.139. The number of furan rings is 1. The van der Waals surface area contributed by atoms with Crippen molar-refractivity contribution in [1.29, 1.82) is 0 Å². The Kier molecular flexibility index (Phi) is 6.81. The average Bonchev–Trinajstić information content (AvgIpc) is 3.27. The van der Waals surface area contributed by atoms with Gasteiger partial charge in [0.25, 0.3) is 0 Å². The van der Waals surface area contributed by atoms with Crippen LogP contribution in [0.3, 0.4) is 0 Å². The molecule has 10 heteroatoms. The molecule has 0 unspecified atom stereocenters. The molecule has 7 nitrogen and oxygen atoms in total. The fourth-order valence-corrected chi connectivity index (χ4v) is 4.38. The van der Waals surface area contributed by atoms with Crippen LogP contribution < -0.4 is 10.6 Å². The third-order valence-corrected chi connectivity index (χ3v) is 6.51. The Morgan fingerprint density at radius 3 is 2.23 bits per heavy atom. The van der Waals surface area contributed by atoms with Crippen molar-refractivity contribution in [3.8, 4) is 0 Å². The SMILES string of the molecule is O=C(NCc1ccccc1F)C(=O)NC[C@H](c1ccco1)S(=O)(=O)c1ccc(F)cc1. The van der Waals surface area contributed by atoms with Crippen LogP contribution in [0.5, 0.6) is 0 Å². The van der Waals surface area contributed by atoms with Gasteiger partial charge in [-0.2, -0.15) is 0 Å². The minimum Gasteiger partial charge on any atom is -0.468 e. The van der Waals surface area contributed by atoms with E-state index in [4.69, 9.17) is 4.42 Å². The quantitative estimate of drug-likeness (QED) is 0.427. The maximum atomic E-state index is 13.6. The number of sulfone groups is 1. The molecule has 0 bridgehead atoms. The van der Waals surface area contributed by atoms with Gasteiger partial charge in [0.2, 0.25) is 0 Å². The van der Waals surface area contributed by atoms with Crippen molar-refractivity contribution in [3.63, 3.8) is 0 Å². The molecule has 2 aromatic carbocycles. The highest BCUT2D eigenvalue weighted by Gasteiger charge is 2.32. The van der Waals surface area contributed by atoms with E-state index < -0.39 is 45.1 Å². The average molecular weight is 448 g/mol. The number of rotatable bonds is 7. The van der Waals surface area contributed by atoms with Crippen LogP contribution in [0.2, 0.25) is 0 Å². The smallest absolute Gasteiger partial charge is 0.309 e. The minimum absolute atomic E-state index is 0.0383. The number of hydrogen-bond donors (Lipinski definition) is 2. The first-order valence-electron chi connectivity index (χ1n) is 9.11. The molecule has 0 aliphatic heterocycles. The molecule has 3 rings (SSSR count). The van der Waals surface area contributed by atoms with Crippen LogP contribution in [0, 0.1) is 11.6 Å². The summed E-state index contributed by atoms with van der Waals surface area (Å²) in [7, 11) is -4.08. The number of halogens is 2. The molecule has 0 radical (unpaired) electrons. The Balaban J connectivity index is 1.69. The topological polar surface area (TPSA) is 105 Å². The summed E-state index contributed by atoms with van der Waals surface area (Å²) >= 11 is 0. The summed E-state index contributed by atoms with van der Waals surface area (Å²) in [6, 6.07) is 12.8. The Labute approximate surface area is 177 Å². The van der Waals surface area contributed by atoms with Gasteiger partial charge in [-0.05, 0) is 42.5 Å². The third kappa shape index (κ3) is 5.34. The summed E-state index contributed by atoms with van der Waals surface area (Å²) in [4.78, 5) is 24.0. The van der Waals surface area contributed by atoms with E-state index in [1.54, 1.807) is 6.07 Å². The van der Waals surface area contributed by atoms with E-state index in [1.165, 1.54) is 36.6 Å². The van der Waals surface area contributed by atoms with Crippen LogP contribution in [-0.2, 0) is 26.0 Å². The van der Waals surface area contributed by atoms with E-state index >= 15 is 0 Å². The Hall–Kier alpha value is -3.53. The summed E-state index contributed by atoms with van der Waals surface area (Å²) in [5.74, 6) is -3.25. The molecule has 0 aliphatic carbocycles. The van der Waals surface area contributed by atoms with E-state index in [9.17, 15) is 26.8 Å². The molecule has 0 aliphatic rings. The molecule has 1 heterocycles. The van der Waals surface area contributed by atoms with E-state index in [1.807, 2.05) is 0 Å². The number of amides is 2. The second-order valence-corrected chi connectivity index (χ2v) is 8.62. The van der Waals surface area contributed by atoms with Gasteiger partial charge in [0.15, 0.2) is 9.84 Å². The number of benzene rings is 2. The Morgan fingerprint density at radius 1 is 0.903 bits per heavy atom. The lowest BCUT2D eigenvalue weighted by atomic mass is 10.2. The van der Waals surface area contributed by atoms with Gasteiger partial charge in [-0.1, -0.05) is 18.2 Å². The maximum Gasteiger partial charge on any atom is 0.309 e. The van der Waals surface area contributed by atoms with Crippen molar-refractivity contribution in [1.82, 2.24) is 10.6 Å². The molecular weight excluding hydrogens is 430 g/mol. The molecular formula is C21H18F2N2O5S. The first-order valence-corrected chi connectivity index (χ1v) is 10.7. The normalized spacial score (nSPS) is 12.2. The first-order chi connectivity index (χ1) is 14.8. The molecule has 3 aromatic rings. The van der Waals surface area contributed by atoms with Crippen LogP contribution in [0.4, 0.5) is 8.78 Å². The number of hydrogen-bond acceptors (Lipinski definition) is 5. The molecule has 0 spiro atoms. The lowest BCUT2D eigenvalue weighted by Crippen LogP contribution is -2.42. The van der Waals surface area contributed by atoms with Crippen molar-refractivity contribution in [2.24, 2.45) is 0 Å². The zero-order chi connectivity index (χ0) is 22.4. The van der Waals surface area contributed by atoms with Crippen molar-refractivity contribution in [3.05, 3.63) is 89.9 Å². The molecule has 31 heavy (non-hydrogen) atoms. The maximum absolute atomic E-state index is 13.6. The summed E-state index contributed by atoms with van der Waals surface area (Å²) in [5, 5.41) is 3.17. The summed E-state index contributed by atoms with van der Waals surface area (Å²) < 4.78 is 58.0. The van der Waals surface area contributed by atoms with Crippen molar-refractivity contribution >= 4 is 21.7 Å². The number of carbonyl (C=O) groups is 2. The van der Waals surface area contributed by atoms with Crippen molar-refractivity contribution in [2.75, 3.05) is 6.54 Å². The standard InChI is InChI=1S/C21H18F2N2O5S/c22-15-7-9-16(10-8-15)31(28,29)19(18-6-3-11-30-18)13-25-21(27)20(26)24-12-14-4-1-2-5-17(14)23/h1-11,19H,12-13H2,(H,24,26)(H,25,27)/t19-/m1/s1. The van der Waals surface area contributed by atoms with Crippen LogP contribution in [-0.4, -0.2) is 26.8 Å². The fraction of sp³-hybridized carbons (Fsp3) is 0.143. The van der Waals surface area contributed by atoms with E-state index in [-0.39, 0.29) is 22.8 Å². The summed E-state index contributed by atoms with van der Waals surface area (Å²) in [5.41, 5.74) is 0.191. The van der Waals surface area contributed by atoms with Gasteiger partial charge in [-0.15, -0.1) is 0 Å². The molecule has 0 saturated heterocycles. The van der Waals surface area contributed by atoms with E-state index in [0.29, 0.717) is 0 Å². The first kappa shape index (κ1) is 22.2. The molecule has 1 atom stereocenters. The van der Waals surface area contributed by atoms with Crippen molar-refractivity contribution < 1.29 is 31.2 Å². The lowest BCUT2D eigenvalue weighted by Gasteiger charge is -2.16. The van der Waals surface area contributed by atoms with Gasteiger partial charge in [0.1, 0.15) is 22.6 Å². The van der Waals surface area contributed by atoms with Gasteiger partial charge in [0, 0.05) is 18.7 Å². The van der Waals surface area contributed by atoms with Crippen LogP contribution in [0.15, 0.2) is 76.2 Å². The molecule has 2 amide bonds. The van der Waals surface area contributed by atoms with Gasteiger partial charge >= 0.3 is 11.8 Å². The van der Waals surface area contributed by atoms with Crippen LogP contribution in [0.1, 0.15) is 16.6 Å². The van der Waals surface area contributed by atoms with Crippen molar-refractivity contribution in [2.45, 2.75) is 16.7 Å². The Morgan fingerprint density at radius 2 is 1.58 bits per heavy atom. The Bertz CT molecular complexity index is 1160. The van der Waals surface area contributed by atoms with Gasteiger partial charge in [-0.25, -0.2) is 17.2 Å². The largest absolute Gasteiger partial charge is 0.468 e. The van der Waals surface area contributed by atoms with Gasteiger partial charge < -0.3 is 15.1 Å². The van der Waals surface area contributed by atoms with Crippen LogP contribution in [0.25, 0.3) is 0 Å². The van der Waals surface area contributed by atoms with E-state index in [2.05, 4.69) is 10.6 Å². The molecule has 162 valence electrons. The highest BCUT2D eigenvalue weighted by atomic mass is 32.2. The van der Waals surface area contributed by atoms with Gasteiger partial charge in [-0.3, -0.25) is 9.59 Å². The number of nitrogens with one attached hydrogen (secondary N) is 2. The highest BCUT2D eigenvalue weighted by Crippen LogP contribution is 2.29. The number of carbonyl (C=O) groups excluding carboxylic acids is 2. The second-order valence-electron chi connectivity index (χ2n) is 6.49. The zero-order valence-electron chi connectivity index (χ0n) is 16.0. The second kappa shape index (κ2) is 9.52. The highest BCUT2D eigenvalue weighted by molar-refractivity contribution is 7.91. The monoisotopic (exact) mass is 448 g/mol.